The number of carbonyl (C=O) groups is 1. The Kier molecular flexibility index (Phi) is 3.70. The summed E-state index contributed by atoms with van der Waals surface area (Å²) >= 11 is 1.21. The highest BCUT2D eigenvalue weighted by Crippen LogP contribution is 2.08. The van der Waals surface area contributed by atoms with Gasteiger partial charge in [-0.2, -0.15) is 4.57 Å². The van der Waals surface area contributed by atoms with Crippen LogP contribution in [0.5, 0.6) is 0 Å². The predicted molar refractivity (Wildman–Crippen MR) is 52.7 cm³/mol. The molecule has 1 aromatic rings. The second kappa shape index (κ2) is 4.80. The van der Waals surface area contributed by atoms with Gasteiger partial charge in [-0.05, 0) is 13.2 Å². The van der Waals surface area contributed by atoms with Gasteiger partial charge in [-0.15, -0.1) is 0 Å². The zero-order valence-electron chi connectivity index (χ0n) is 7.89. The van der Waals surface area contributed by atoms with E-state index in [2.05, 4.69) is 4.98 Å². The van der Waals surface area contributed by atoms with Crippen LogP contribution in [0, 0.1) is 0 Å². The molecule has 0 saturated heterocycles. The summed E-state index contributed by atoms with van der Waals surface area (Å²) in [6, 6.07) is 1.22. The van der Waals surface area contributed by atoms with E-state index < -0.39 is 11.7 Å². The third-order valence-electron chi connectivity index (χ3n) is 1.45. The summed E-state index contributed by atoms with van der Waals surface area (Å²) in [6.07, 6.45) is 2.41. The zero-order valence-corrected chi connectivity index (χ0v) is 8.71. The van der Waals surface area contributed by atoms with Crippen molar-refractivity contribution >= 4 is 17.9 Å². The lowest BCUT2D eigenvalue weighted by molar-refractivity contribution is 0.150. The Balaban J connectivity index is 3.17. The zero-order chi connectivity index (χ0) is 10.6. The highest BCUT2D eigenvalue weighted by atomic mass is 32.2. The lowest BCUT2D eigenvalue weighted by atomic mass is 10.6. The number of hydrogen-bond acceptors (Lipinski definition) is 5. The van der Waals surface area contributed by atoms with E-state index in [4.69, 9.17) is 4.74 Å². The topological polar surface area (TPSA) is 61.2 Å². The van der Waals surface area contributed by atoms with Gasteiger partial charge in [-0.3, -0.25) is 4.79 Å². The van der Waals surface area contributed by atoms with Gasteiger partial charge in [0.15, 0.2) is 5.16 Å². The van der Waals surface area contributed by atoms with Crippen LogP contribution >= 0.6 is 11.8 Å². The van der Waals surface area contributed by atoms with Crippen molar-refractivity contribution in [2.45, 2.75) is 12.1 Å². The molecule has 0 aliphatic rings. The Morgan fingerprint density at radius 2 is 2.43 bits per heavy atom. The van der Waals surface area contributed by atoms with Crippen LogP contribution in [0.15, 0.2) is 22.2 Å². The molecule has 0 N–H and O–H groups in total. The lowest BCUT2D eigenvalue weighted by Gasteiger charge is -2.06. The Morgan fingerprint density at radius 1 is 1.71 bits per heavy atom. The number of carbonyl (C=O) groups excluding carboxylic acids is 1. The molecular weight excluding hydrogens is 204 g/mol. The standard InChI is InChI=1S/C8H10N2O3S/c1-3-13-8(12)10-6(11)4-5-9-7(10)14-2/h4-5H,3H2,1-2H3. The summed E-state index contributed by atoms with van der Waals surface area (Å²) in [7, 11) is 0. The van der Waals surface area contributed by atoms with E-state index in [1.54, 1.807) is 13.2 Å². The highest BCUT2D eigenvalue weighted by Gasteiger charge is 2.12. The number of hydrogen-bond donors (Lipinski definition) is 0. The quantitative estimate of drug-likeness (QED) is 0.542. The van der Waals surface area contributed by atoms with Crippen LogP contribution < -0.4 is 5.56 Å². The van der Waals surface area contributed by atoms with E-state index in [9.17, 15) is 9.59 Å². The highest BCUT2D eigenvalue weighted by molar-refractivity contribution is 7.98. The maximum Gasteiger partial charge on any atom is 0.423 e. The Labute approximate surface area is 85.1 Å². The normalized spacial score (nSPS) is 9.86. The summed E-state index contributed by atoms with van der Waals surface area (Å²) in [5.41, 5.74) is -0.428. The molecule has 1 rings (SSSR count). The molecule has 0 fully saturated rings. The molecule has 1 heterocycles. The van der Waals surface area contributed by atoms with Gasteiger partial charge < -0.3 is 4.74 Å². The summed E-state index contributed by atoms with van der Waals surface area (Å²) in [5.74, 6) is 0. The summed E-state index contributed by atoms with van der Waals surface area (Å²) < 4.78 is 5.63. The fourth-order valence-corrected chi connectivity index (χ4v) is 1.40. The number of aromatic nitrogens is 2. The van der Waals surface area contributed by atoms with Gasteiger partial charge in [0.2, 0.25) is 0 Å². The molecule has 0 radical (unpaired) electrons. The molecule has 0 atom stereocenters. The molecule has 76 valence electrons. The number of ether oxygens (including phenoxy) is 1. The Morgan fingerprint density at radius 3 is 3.00 bits per heavy atom. The summed E-state index contributed by atoms with van der Waals surface area (Å²) in [6.45, 7) is 1.91. The summed E-state index contributed by atoms with van der Waals surface area (Å²) in [4.78, 5) is 26.5. The van der Waals surface area contributed by atoms with E-state index in [1.165, 1.54) is 24.0 Å². The van der Waals surface area contributed by atoms with E-state index in [0.29, 0.717) is 5.16 Å². The SMILES string of the molecule is CCOC(=O)n1c(SC)nccc1=O. The van der Waals surface area contributed by atoms with E-state index in [0.717, 1.165) is 4.57 Å². The number of thioether (sulfide) groups is 1. The van der Waals surface area contributed by atoms with Gasteiger partial charge in [0.05, 0.1) is 6.61 Å². The average Bonchev–Trinajstić information content (AvgIpc) is 2.17. The maximum absolute atomic E-state index is 11.3. The van der Waals surface area contributed by atoms with Crippen molar-refractivity contribution in [3.63, 3.8) is 0 Å². The Bertz CT molecular complexity index is 388. The lowest BCUT2D eigenvalue weighted by Crippen LogP contribution is -2.29. The van der Waals surface area contributed by atoms with Gasteiger partial charge in [0.25, 0.3) is 5.56 Å². The van der Waals surface area contributed by atoms with Crippen LogP contribution in [-0.2, 0) is 4.74 Å². The van der Waals surface area contributed by atoms with Gasteiger partial charge >= 0.3 is 6.09 Å². The molecule has 1 aromatic heterocycles. The molecule has 0 amide bonds. The van der Waals surface area contributed by atoms with Gasteiger partial charge in [-0.1, -0.05) is 11.8 Å². The van der Waals surface area contributed by atoms with Crippen LogP contribution in [0.3, 0.4) is 0 Å². The molecule has 0 aromatic carbocycles. The smallest absolute Gasteiger partial charge is 0.423 e. The second-order valence-corrected chi connectivity index (χ2v) is 3.08. The minimum atomic E-state index is -0.685. The van der Waals surface area contributed by atoms with Crippen LogP contribution in [0.25, 0.3) is 0 Å². The maximum atomic E-state index is 11.3. The molecule has 0 saturated carbocycles. The largest absolute Gasteiger partial charge is 0.449 e. The first-order chi connectivity index (χ1) is 6.70. The third-order valence-corrected chi connectivity index (χ3v) is 2.10. The van der Waals surface area contributed by atoms with Crippen molar-refractivity contribution in [3.8, 4) is 0 Å². The van der Waals surface area contributed by atoms with E-state index in [-0.39, 0.29) is 6.61 Å². The number of rotatable bonds is 2. The molecule has 0 spiro atoms. The molecule has 0 bridgehead atoms. The minimum absolute atomic E-state index is 0.230. The van der Waals surface area contributed by atoms with Crippen LogP contribution in [0.4, 0.5) is 4.79 Å². The van der Waals surface area contributed by atoms with Crippen molar-refractivity contribution in [1.29, 1.82) is 0 Å². The monoisotopic (exact) mass is 214 g/mol. The third kappa shape index (κ3) is 2.14. The predicted octanol–water partition coefficient (Wildman–Crippen LogP) is 0.970. The molecule has 0 aliphatic carbocycles. The Hall–Kier alpha value is -1.30. The molecule has 0 aliphatic heterocycles. The van der Waals surface area contributed by atoms with Crippen molar-refractivity contribution in [2.24, 2.45) is 0 Å². The fraction of sp³-hybridized carbons (Fsp3) is 0.375. The molecule has 14 heavy (non-hydrogen) atoms. The van der Waals surface area contributed by atoms with Crippen LogP contribution in [-0.4, -0.2) is 28.5 Å². The van der Waals surface area contributed by atoms with E-state index in [1.807, 2.05) is 0 Å². The second-order valence-electron chi connectivity index (χ2n) is 2.30. The van der Waals surface area contributed by atoms with Gasteiger partial charge in [-0.25, -0.2) is 9.78 Å². The minimum Gasteiger partial charge on any atom is -0.449 e. The van der Waals surface area contributed by atoms with Crippen molar-refractivity contribution < 1.29 is 9.53 Å². The molecular formula is C8H10N2O3S. The molecule has 6 heteroatoms. The van der Waals surface area contributed by atoms with Gasteiger partial charge in [0.1, 0.15) is 0 Å². The van der Waals surface area contributed by atoms with Crippen molar-refractivity contribution in [3.05, 3.63) is 22.6 Å². The molecule has 5 nitrogen and oxygen atoms in total. The van der Waals surface area contributed by atoms with Gasteiger partial charge in [0, 0.05) is 12.3 Å². The number of nitrogens with zero attached hydrogens (tertiary/aromatic N) is 2. The molecule has 0 unspecified atom stereocenters. The van der Waals surface area contributed by atoms with Crippen molar-refractivity contribution in [1.82, 2.24) is 9.55 Å². The van der Waals surface area contributed by atoms with Crippen LogP contribution in [0.1, 0.15) is 6.92 Å². The first kappa shape index (κ1) is 10.8. The van der Waals surface area contributed by atoms with Crippen LogP contribution in [0.2, 0.25) is 0 Å². The first-order valence-electron chi connectivity index (χ1n) is 4.00. The first-order valence-corrected chi connectivity index (χ1v) is 5.22. The fourth-order valence-electron chi connectivity index (χ4n) is 0.891. The van der Waals surface area contributed by atoms with Crippen molar-refractivity contribution in [2.75, 3.05) is 12.9 Å². The summed E-state index contributed by atoms with van der Waals surface area (Å²) in [5, 5.41) is 0.330. The average molecular weight is 214 g/mol. The van der Waals surface area contributed by atoms with E-state index >= 15 is 0 Å².